The number of ether oxygens (including phenoxy) is 1. The van der Waals surface area contributed by atoms with Crippen LogP contribution in [0, 0.1) is 5.92 Å². The van der Waals surface area contributed by atoms with Crippen molar-refractivity contribution in [3.63, 3.8) is 0 Å². The highest BCUT2D eigenvalue weighted by Crippen LogP contribution is 2.43. The van der Waals surface area contributed by atoms with E-state index in [9.17, 15) is 4.79 Å². The number of aromatic nitrogens is 1. The molecule has 1 aliphatic carbocycles. The third-order valence-corrected chi connectivity index (χ3v) is 6.72. The summed E-state index contributed by atoms with van der Waals surface area (Å²) >= 11 is 6.47. The molecule has 2 N–H and O–H groups in total. The molecule has 26 heavy (non-hydrogen) atoms. The fourth-order valence-electron chi connectivity index (χ4n) is 5.01. The Morgan fingerprint density at radius 1 is 1.23 bits per heavy atom. The molecule has 2 saturated heterocycles. The summed E-state index contributed by atoms with van der Waals surface area (Å²) < 4.78 is 5.98. The lowest BCUT2D eigenvalue weighted by atomic mass is 9.70. The van der Waals surface area contributed by atoms with Crippen LogP contribution in [0.3, 0.4) is 0 Å². The number of benzene rings is 1. The second-order valence-corrected chi connectivity index (χ2v) is 8.11. The Morgan fingerprint density at radius 3 is 2.85 bits per heavy atom. The van der Waals surface area contributed by atoms with Crippen LogP contribution in [0.2, 0.25) is 5.02 Å². The van der Waals surface area contributed by atoms with Crippen LogP contribution in [0.25, 0.3) is 10.9 Å². The van der Waals surface area contributed by atoms with E-state index >= 15 is 0 Å². The first-order valence-corrected chi connectivity index (χ1v) is 10.0. The number of piperidine rings is 1. The summed E-state index contributed by atoms with van der Waals surface area (Å²) in [4.78, 5) is 18.7. The van der Waals surface area contributed by atoms with Crippen molar-refractivity contribution in [1.82, 2.24) is 15.2 Å². The van der Waals surface area contributed by atoms with E-state index < -0.39 is 0 Å². The van der Waals surface area contributed by atoms with E-state index in [0.29, 0.717) is 22.7 Å². The predicted octanol–water partition coefficient (Wildman–Crippen LogP) is 3.19. The Kier molecular flexibility index (Phi) is 4.18. The van der Waals surface area contributed by atoms with Gasteiger partial charge in [0.05, 0.1) is 23.2 Å². The van der Waals surface area contributed by atoms with Crippen LogP contribution in [-0.2, 0) is 4.74 Å². The molecule has 5 nitrogen and oxygen atoms in total. The van der Waals surface area contributed by atoms with Crippen LogP contribution in [0.1, 0.15) is 36.2 Å². The molecule has 4 atom stereocenters. The van der Waals surface area contributed by atoms with Gasteiger partial charge in [-0.25, -0.2) is 0 Å². The molecule has 1 saturated carbocycles. The molecule has 2 aromatic rings. The topological polar surface area (TPSA) is 57.4 Å². The Hall–Kier alpha value is -1.56. The van der Waals surface area contributed by atoms with Crippen molar-refractivity contribution in [1.29, 1.82) is 0 Å². The number of carbonyl (C=O) groups is 1. The molecule has 1 aromatic carbocycles. The molecule has 2 aliphatic heterocycles. The highest BCUT2D eigenvalue weighted by Gasteiger charge is 2.56. The molecule has 0 radical (unpaired) electrons. The second kappa shape index (κ2) is 6.55. The van der Waals surface area contributed by atoms with E-state index in [1.54, 1.807) is 0 Å². The van der Waals surface area contributed by atoms with Crippen molar-refractivity contribution in [2.24, 2.45) is 5.92 Å². The third kappa shape index (κ3) is 2.56. The number of likely N-dealkylation sites (tertiary alicyclic amines) is 1. The van der Waals surface area contributed by atoms with E-state index in [2.05, 4.69) is 15.2 Å². The van der Waals surface area contributed by atoms with Gasteiger partial charge in [-0.2, -0.15) is 0 Å². The zero-order valence-electron chi connectivity index (χ0n) is 14.7. The molecule has 0 unspecified atom stereocenters. The van der Waals surface area contributed by atoms with Crippen LogP contribution < -0.4 is 5.32 Å². The number of amides is 1. The summed E-state index contributed by atoms with van der Waals surface area (Å²) in [7, 11) is 0. The van der Waals surface area contributed by atoms with Crippen molar-refractivity contribution >= 4 is 28.4 Å². The minimum absolute atomic E-state index is 0.108. The summed E-state index contributed by atoms with van der Waals surface area (Å²) in [6.07, 6.45) is 5.09. The minimum Gasteiger partial charge on any atom is -0.376 e. The van der Waals surface area contributed by atoms with Crippen LogP contribution in [-0.4, -0.2) is 53.7 Å². The summed E-state index contributed by atoms with van der Waals surface area (Å²) in [6.45, 7) is 3.02. The average Bonchev–Trinajstić information content (AvgIpc) is 3.23. The monoisotopic (exact) mass is 373 g/mol. The van der Waals surface area contributed by atoms with E-state index in [-0.39, 0.29) is 18.1 Å². The molecule has 0 spiro atoms. The molecule has 1 aromatic heterocycles. The SMILES string of the molecule is O=C(N[C@H]1[C@H]2CCO[C@H]2[C@@H]1N1CCCCC1)c1[nH]c2ccccc2c1Cl. The van der Waals surface area contributed by atoms with Crippen molar-refractivity contribution < 1.29 is 9.53 Å². The number of carbonyl (C=O) groups excluding carboxylic acids is 1. The van der Waals surface area contributed by atoms with Crippen LogP contribution in [0.15, 0.2) is 24.3 Å². The van der Waals surface area contributed by atoms with Gasteiger partial charge in [-0.05, 0) is 38.4 Å². The summed E-state index contributed by atoms with van der Waals surface area (Å²) in [5, 5.41) is 4.67. The number of fused-ring (bicyclic) bond motifs is 2. The van der Waals surface area contributed by atoms with E-state index in [1.807, 2.05) is 24.3 Å². The number of aromatic amines is 1. The molecule has 138 valence electrons. The first-order valence-electron chi connectivity index (χ1n) is 9.67. The first kappa shape index (κ1) is 16.6. The van der Waals surface area contributed by atoms with E-state index in [1.165, 1.54) is 19.3 Å². The molecule has 6 heteroatoms. The second-order valence-electron chi connectivity index (χ2n) is 7.73. The molecule has 1 amide bonds. The molecule has 5 rings (SSSR count). The summed E-state index contributed by atoms with van der Waals surface area (Å²) in [6, 6.07) is 8.20. The van der Waals surface area contributed by atoms with Gasteiger partial charge in [0.1, 0.15) is 5.69 Å². The van der Waals surface area contributed by atoms with Gasteiger partial charge in [-0.15, -0.1) is 0 Å². The van der Waals surface area contributed by atoms with Gasteiger partial charge in [0, 0.05) is 23.4 Å². The maximum Gasteiger partial charge on any atom is 0.269 e. The molecular formula is C20H24ClN3O2. The number of rotatable bonds is 3. The normalized spacial score (nSPS) is 31.6. The largest absolute Gasteiger partial charge is 0.376 e. The Bertz CT molecular complexity index is 830. The van der Waals surface area contributed by atoms with Crippen molar-refractivity contribution in [3.8, 4) is 0 Å². The third-order valence-electron chi connectivity index (χ3n) is 6.33. The van der Waals surface area contributed by atoms with Crippen molar-refractivity contribution in [3.05, 3.63) is 35.0 Å². The molecule has 3 aliphatic rings. The number of hydrogen-bond acceptors (Lipinski definition) is 3. The smallest absolute Gasteiger partial charge is 0.269 e. The fraction of sp³-hybridized carbons (Fsp3) is 0.550. The lowest BCUT2D eigenvalue weighted by Gasteiger charge is -2.53. The Labute approximate surface area is 158 Å². The fourth-order valence-corrected chi connectivity index (χ4v) is 5.31. The quantitative estimate of drug-likeness (QED) is 0.868. The van der Waals surface area contributed by atoms with Gasteiger partial charge in [-0.3, -0.25) is 9.69 Å². The summed E-state index contributed by atoms with van der Waals surface area (Å²) in [5.41, 5.74) is 1.36. The lowest BCUT2D eigenvalue weighted by Crippen LogP contribution is -2.71. The molecule has 3 heterocycles. The number of nitrogens with zero attached hydrogens (tertiary/aromatic N) is 1. The first-order chi connectivity index (χ1) is 12.7. The van der Waals surface area contributed by atoms with Gasteiger partial charge in [-0.1, -0.05) is 36.2 Å². The van der Waals surface area contributed by atoms with Gasteiger partial charge >= 0.3 is 0 Å². The zero-order valence-corrected chi connectivity index (χ0v) is 15.5. The highest BCUT2D eigenvalue weighted by atomic mass is 35.5. The van der Waals surface area contributed by atoms with Crippen molar-refractivity contribution in [2.75, 3.05) is 19.7 Å². The Balaban J connectivity index is 1.38. The van der Waals surface area contributed by atoms with Crippen LogP contribution in [0.4, 0.5) is 0 Å². The molecule has 3 fully saturated rings. The van der Waals surface area contributed by atoms with E-state index in [4.69, 9.17) is 16.3 Å². The molecular weight excluding hydrogens is 350 g/mol. The van der Waals surface area contributed by atoms with Gasteiger partial charge in [0.2, 0.25) is 0 Å². The average molecular weight is 374 g/mol. The van der Waals surface area contributed by atoms with Gasteiger partial charge in [0.25, 0.3) is 5.91 Å². The Morgan fingerprint density at radius 2 is 2.04 bits per heavy atom. The van der Waals surface area contributed by atoms with E-state index in [0.717, 1.165) is 37.0 Å². The predicted molar refractivity (Wildman–Crippen MR) is 102 cm³/mol. The maximum absolute atomic E-state index is 13.0. The number of nitrogens with one attached hydrogen (secondary N) is 2. The highest BCUT2D eigenvalue weighted by molar-refractivity contribution is 6.38. The zero-order chi connectivity index (χ0) is 17.7. The number of hydrogen-bond donors (Lipinski definition) is 2. The number of para-hydroxylation sites is 1. The minimum atomic E-state index is -0.108. The maximum atomic E-state index is 13.0. The van der Waals surface area contributed by atoms with Crippen molar-refractivity contribution in [2.45, 2.75) is 43.9 Å². The lowest BCUT2D eigenvalue weighted by molar-refractivity contribution is -0.0862. The number of halogens is 1. The van der Waals surface area contributed by atoms with Gasteiger partial charge < -0.3 is 15.0 Å². The van der Waals surface area contributed by atoms with Gasteiger partial charge in [0.15, 0.2) is 0 Å². The standard InChI is InChI=1S/C20H24ClN3O2/c21-15-12-6-2-3-7-14(12)22-17(15)20(25)23-16-13-8-11-26-19(13)18(16)24-9-4-1-5-10-24/h2-3,6-7,13,16,18-19,22H,1,4-5,8-11H2,(H,23,25)/t13-,16+,18-,19-/m1/s1. The van der Waals surface area contributed by atoms with Crippen LogP contribution >= 0.6 is 11.6 Å². The summed E-state index contributed by atoms with van der Waals surface area (Å²) in [5.74, 6) is 0.317. The number of H-pyrrole nitrogens is 1. The molecule has 0 bridgehead atoms. The van der Waals surface area contributed by atoms with Crippen LogP contribution in [0.5, 0.6) is 0 Å².